The summed E-state index contributed by atoms with van der Waals surface area (Å²) >= 11 is 1.95. The molecule has 0 heterocycles. The van der Waals surface area contributed by atoms with E-state index in [-0.39, 0.29) is 5.97 Å². The average molecular weight is 338 g/mol. The van der Waals surface area contributed by atoms with E-state index in [1.165, 1.54) is 6.08 Å². The topological polar surface area (TPSA) is 52.6 Å². The molecule has 0 aliphatic carbocycles. The van der Waals surface area contributed by atoms with Gasteiger partial charge in [0.2, 0.25) is 0 Å². The summed E-state index contributed by atoms with van der Waals surface area (Å²) in [4.78, 5) is 21.5. The fraction of sp³-hybridized carbons (Fsp3) is 0.455. The van der Waals surface area contributed by atoms with E-state index in [1.54, 1.807) is 4.08 Å². The van der Waals surface area contributed by atoms with Crippen LogP contribution in [-0.4, -0.2) is 25.2 Å². The van der Waals surface area contributed by atoms with E-state index in [0.29, 0.717) is 13.2 Å². The Kier molecular flexibility index (Phi) is 10.1. The van der Waals surface area contributed by atoms with Crippen molar-refractivity contribution in [2.75, 3.05) is 13.2 Å². The van der Waals surface area contributed by atoms with Gasteiger partial charge in [0.15, 0.2) is 0 Å². The molecule has 4 nitrogen and oxygen atoms in total. The lowest BCUT2D eigenvalue weighted by Crippen LogP contribution is -2.04. The molecule has 16 heavy (non-hydrogen) atoms. The van der Waals surface area contributed by atoms with Gasteiger partial charge in [0.05, 0.1) is 13.2 Å². The summed E-state index contributed by atoms with van der Waals surface area (Å²) in [6, 6.07) is 0. The highest BCUT2D eigenvalue weighted by Crippen LogP contribution is 1.98. The number of unbranched alkanes of at least 4 members (excludes halogenated alkanes) is 2. The van der Waals surface area contributed by atoms with Crippen LogP contribution in [0.15, 0.2) is 22.8 Å². The monoisotopic (exact) mass is 338 g/mol. The molecule has 5 heteroatoms. The van der Waals surface area contributed by atoms with Crippen molar-refractivity contribution < 1.29 is 19.1 Å². The van der Waals surface area contributed by atoms with Crippen molar-refractivity contribution in [3.8, 4) is 0 Å². The minimum Gasteiger partial charge on any atom is -0.463 e. The molecule has 0 spiro atoms. The summed E-state index contributed by atoms with van der Waals surface area (Å²) in [5.41, 5.74) is 0. The Morgan fingerprint density at radius 3 is 2.12 bits per heavy atom. The average Bonchev–Trinajstić information content (AvgIpc) is 2.27. The molecule has 0 aliphatic rings. The molecule has 0 unspecified atom stereocenters. The van der Waals surface area contributed by atoms with Crippen LogP contribution >= 0.6 is 22.6 Å². The number of hydrogen-bond donors (Lipinski definition) is 0. The molecule has 0 aromatic carbocycles. The fourth-order valence-corrected chi connectivity index (χ4v) is 1.18. The second kappa shape index (κ2) is 10.7. The van der Waals surface area contributed by atoms with Crippen molar-refractivity contribution >= 4 is 34.5 Å². The number of hydrogen-bond acceptors (Lipinski definition) is 4. The molecule has 0 bridgehead atoms. The lowest BCUT2D eigenvalue weighted by molar-refractivity contribution is -0.138. The molecule has 0 radical (unpaired) electrons. The van der Waals surface area contributed by atoms with Crippen molar-refractivity contribution in [3.63, 3.8) is 0 Å². The number of carbonyl (C=O) groups is 2. The van der Waals surface area contributed by atoms with Crippen LogP contribution < -0.4 is 0 Å². The van der Waals surface area contributed by atoms with Crippen LogP contribution in [-0.2, 0) is 19.1 Å². The van der Waals surface area contributed by atoms with Crippen molar-refractivity contribution in [1.82, 2.24) is 0 Å². The first kappa shape index (κ1) is 15.2. The number of esters is 2. The van der Waals surface area contributed by atoms with E-state index in [9.17, 15) is 9.59 Å². The van der Waals surface area contributed by atoms with Crippen LogP contribution in [0.4, 0.5) is 0 Å². The zero-order valence-corrected chi connectivity index (χ0v) is 11.1. The van der Waals surface area contributed by atoms with Gasteiger partial charge in [-0.15, -0.1) is 0 Å². The first-order valence-corrected chi connectivity index (χ1v) is 6.18. The summed E-state index contributed by atoms with van der Waals surface area (Å²) in [6.07, 6.45) is 4.89. The smallest absolute Gasteiger partial charge is 0.331 e. The molecule has 90 valence electrons. The van der Waals surface area contributed by atoms with Gasteiger partial charge in [-0.2, -0.15) is 0 Å². The first-order valence-electron chi connectivity index (χ1n) is 4.93. The quantitative estimate of drug-likeness (QED) is 0.295. The van der Waals surface area contributed by atoms with E-state index in [1.807, 2.05) is 22.6 Å². The Morgan fingerprint density at radius 1 is 1.06 bits per heavy atom. The first-order chi connectivity index (χ1) is 7.70. The zero-order valence-electron chi connectivity index (χ0n) is 8.99. The molecule has 0 saturated carbocycles. The van der Waals surface area contributed by atoms with Crippen LogP contribution in [0.5, 0.6) is 0 Å². The molecule has 0 aromatic rings. The van der Waals surface area contributed by atoms with Gasteiger partial charge >= 0.3 is 11.9 Å². The second-order valence-electron chi connectivity index (χ2n) is 2.89. The molecular formula is C11H15IO4. The zero-order chi connectivity index (χ0) is 12.2. The van der Waals surface area contributed by atoms with Gasteiger partial charge in [0, 0.05) is 12.2 Å². The highest BCUT2D eigenvalue weighted by Gasteiger charge is 1.97. The minimum absolute atomic E-state index is 0.326. The molecular weight excluding hydrogens is 323 g/mol. The van der Waals surface area contributed by atoms with E-state index in [2.05, 4.69) is 6.58 Å². The molecule has 0 amide bonds. The third kappa shape index (κ3) is 9.70. The molecule has 0 N–H and O–H groups in total. The summed E-state index contributed by atoms with van der Waals surface area (Å²) in [6.45, 7) is 4.07. The lowest BCUT2D eigenvalue weighted by atomic mass is 10.2. The number of rotatable bonds is 8. The van der Waals surface area contributed by atoms with Gasteiger partial charge in [-0.1, -0.05) is 29.2 Å². The summed E-state index contributed by atoms with van der Waals surface area (Å²) < 4.78 is 11.3. The normalized spacial score (nSPS) is 10.1. The van der Waals surface area contributed by atoms with Gasteiger partial charge in [-0.05, 0) is 23.3 Å². The molecule has 0 saturated heterocycles. The van der Waals surface area contributed by atoms with Crippen LogP contribution in [0, 0.1) is 0 Å². The Morgan fingerprint density at radius 2 is 1.62 bits per heavy atom. The molecule has 0 fully saturated rings. The highest BCUT2D eigenvalue weighted by molar-refractivity contribution is 14.1. The Balaban J connectivity index is 3.24. The largest absolute Gasteiger partial charge is 0.463 e. The van der Waals surface area contributed by atoms with Crippen LogP contribution in [0.3, 0.4) is 0 Å². The molecule has 0 rings (SSSR count). The number of carbonyl (C=O) groups excluding carboxylic acids is 2. The van der Waals surface area contributed by atoms with Crippen LogP contribution in [0.25, 0.3) is 0 Å². The predicted molar refractivity (Wildman–Crippen MR) is 69.1 cm³/mol. The van der Waals surface area contributed by atoms with E-state index < -0.39 is 5.97 Å². The maximum atomic E-state index is 10.9. The molecule has 0 aromatic heterocycles. The number of ether oxygens (including phenoxy) is 2. The predicted octanol–water partition coefficient (Wildman–Crippen LogP) is 2.38. The second-order valence-corrected chi connectivity index (χ2v) is 3.61. The van der Waals surface area contributed by atoms with Crippen LogP contribution in [0.2, 0.25) is 0 Å². The third-order valence-corrected chi connectivity index (χ3v) is 2.00. The minimum atomic E-state index is -0.404. The van der Waals surface area contributed by atoms with Crippen molar-refractivity contribution in [2.24, 2.45) is 0 Å². The summed E-state index contributed by atoms with van der Waals surface area (Å²) in [5.74, 6) is -0.730. The van der Waals surface area contributed by atoms with E-state index >= 15 is 0 Å². The van der Waals surface area contributed by atoms with Gasteiger partial charge in [-0.25, -0.2) is 9.59 Å². The summed E-state index contributed by atoms with van der Waals surface area (Å²) in [5, 5.41) is 0. The standard InChI is InChI=1S/C11H15IO4/c1-2-10(13)15-8-4-3-5-9-16-11(14)6-7-12/h2,6-7H,1,3-5,8-9H2/b7-6+. The summed E-state index contributed by atoms with van der Waals surface area (Å²) in [7, 11) is 0. The number of halogens is 1. The maximum absolute atomic E-state index is 10.9. The SMILES string of the molecule is C=CC(=O)OCCCCCOC(=O)/C=C/I. The fourth-order valence-electron chi connectivity index (χ4n) is 0.885. The molecule has 0 aliphatic heterocycles. The van der Waals surface area contributed by atoms with Gasteiger partial charge in [-0.3, -0.25) is 0 Å². The Hall–Kier alpha value is -0.850. The van der Waals surface area contributed by atoms with Gasteiger partial charge in [0.1, 0.15) is 0 Å². The van der Waals surface area contributed by atoms with Gasteiger partial charge in [0.25, 0.3) is 0 Å². The molecule has 0 atom stereocenters. The Labute approximate surface area is 109 Å². The Bertz CT molecular complexity index is 261. The van der Waals surface area contributed by atoms with E-state index in [0.717, 1.165) is 25.3 Å². The van der Waals surface area contributed by atoms with Crippen molar-refractivity contribution in [2.45, 2.75) is 19.3 Å². The lowest BCUT2D eigenvalue weighted by Gasteiger charge is -2.02. The van der Waals surface area contributed by atoms with Crippen molar-refractivity contribution in [3.05, 3.63) is 22.8 Å². The maximum Gasteiger partial charge on any atom is 0.331 e. The van der Waals surface area contributed by atoms with Gasteiger partial charge < -0.3 is 9.47 Å². The van der Waals surface area contributed by atoms with E-state index in [4.69, 9.17) is 9.47 Å². The third-order valence-electron chi connectivity index (χ3n) is 1.64. The van der Waals surface area contributed by atoms with Crippen LogP contribution in [0.1, 0.15) is 19.3 Å². The highest BCUT2D eigenvalue weighted by atomic mass is 127. The van der Waals surface area contributed by atoms with Crippen molar-refractivity contribution in [1.29, 1.82) is 0 Å².